The molecular formula is C6H7ClSe. The zero-order chi connectivity index (χ0) is 5.11. The number of hydrogen-bond acceptors (Lipinski definition) is 0. The summed E-state index contributed by atoms with van der Waals surface area (Å²) in [6.07, 6.45) is 0. The number of rotatable bonds is 0. The van der Waals surface area contributed by atoms with Gasteiger partial charge in [0.2, 0.25) is 0 Å². The predicted octanol–water partition coefficient (Wildman–Crippen LogP) is 0.634. The second kappa shape index (κ2) is 3.96. The molecule has 0 fully saturated rings. The first-order valence-corrected chi connectivity index (χ1v) is 3.07. The molecule has 0 heterocycles. The molecule has 0 unspecified atom stereocenters. The van der Waals surface area contributed by atoms with Crippen molar-refractivity contribution in [2.24, 2.45) is 0 Å². The fraction of sp³-hybridized carbons (Fsp3) is 0. The second-order valence-electron chi connectivity index (χ2n) is 1.34. The summed E-state index contributed by atoms with van der Waals surface area (Å²) in [4.78, 5) is 0. The Kier molecular flexibility index (Phi) is 3.98. The molecule has 0 aliphatic rings. The Morgan fingerprint density at radius 2 is 1.50 bits per heavy atom. The van der Waals surface area contributed by atoms with Crippen molar-refractivity contribution in [3.05, 3.63) is 30.3 Å². The van der Waals surface area contributed by atoms with Gasteiger partial charge >= 0.3 is 50.8 Å². The van der Waals surface area contributed by atoms with E-state index < -0.39 is 0 Å². The molecule has 44 valence electrons. The third-order valence-corrected chi connectivity index (χ3v) is 1.38. The Labute approximate surface area is 63.5 Å². The van der Waals surface area contributed by atoms with Crippen molar-refractivity contribution in [2.75, 3.05) is 0 Å². The van der Waals surface area contributed by atoms with Gasteiger partial charge in [0.25, 0.3) is 0 Å². The van der Waals surface area contributed by atoms with E-state index in [0.717, 1.165) is 0 Å². The van der Waals surface area contributed by atoms with Gasteiger partial charge in [0, 0.05) is 0 Å². The second-order valence-corrected chi connectivity index (χ2v) is 2.42. The van der Waals surface area contributed by atoms with Crippen LogP contribution < -0.4 is 4.46 Å². The Morgan fingerprint density at radius 1 is 1.00 bits per heavy atom. The van der Waals surface area contributed by atoms with Gasteiger partial charge in [0.15, 0.2) is 0 Å². The maximum absolute atomic E-state index is 2.49. The van der Waals surface area contributed by atoms with Gasteiger partial charge in [-0.05, 0) is 0 Å². The van der Waals surface area contributed by atoms with E-state index in [2.05, 4.69) is 28.1 Å². The summed E-state index contributed by atoms with van der Waals surface area (Å²) >= 11 is 2.49. The summed E-state index contributed by atoms with van der Waals surface area (Å²) in [6, 6.07) is 10.2. The van der Waals surface area contributed by atoms with Crippen molar-refractivity contribution in [2.45, 2.75) is 0 Å². The molecule has 0 saturated carbocycles. The van der Waals surface area contributed by atoms with Gasteiger partial charge in [-0.15, -0.1) is 12.4 Å². The summed E-state index contributed by atoms with van der Waals surface area (Å²) in [6.45, 7) is 0. The van der Waals surface area contributed by atoms with Crippen LogP contribution >= 0.6 is 12.4 Å². The molecule has 0 aromatic heterocycles. The van der Waals surface area contributed by atoms with Gasteiger partial charge in [-0.25, -0.2) is 0 Å². The van der Waals surface area contributed by atoms with E-state index in [1.54, 1.807) is 0 Å². The molecule has 0 radical (unpaired) electrons. The first-order chi connectivity index (χ1) is 3.39. The zero-order valence-corrected chi connectivity index (χ0v) is 6.94. The van der Waals surface area contributed by atoms with Gasteiger partial charge < -0.3 is 0 Å². The minimum atomic E-state index is 0. The SMILES string of the molecule is Cl.[SeH]c1ccccc1. The minimum absolute atomic E-state index is 0. The van der Waals surface area contributed by atoms with Crippen molar-refractivity contribution in [1.29, 1.82) is 0 Å². The third-order valence-electron chi connectivity index (χ3n) is 0.756. The zero-order valence-electron chi connectivity index (χ0n) is 4.24. The van der Waals surface area contributed by atoms with Crippen LogP contribution in [-0.4, -0.2) is 16.0 Å². The van der Waals surface area contributed by atoms with E-state index in [0.29, 0.717) is 0 Å². The average Bonchev–Trinajstić information content (AvgIpc) is 1.69. The van der Waals surface area contributed by atoms with E-state index in [1.165, 1.54) is 4.46 Å². The summed E-state index contributed by atoms with van der Waals surface area (Å²) in [5.74, 6) is 0. The van der Waals surface area contributed by atoms with Crippen molar-refractivity contribution >= 4 is 32.9 Å². The Balaban J connectivity index is 0.000000490. The molecule has 1 rings (SSSR count). The van der Waals surface area contributed by atoms with Gasteiger partial charge in [0.05, 0.1) is 0 Å². The number of hydrogen-bond donors (Lipinski definition) is 0. The molecule has 1 aromatic rings. The van der Waals surface area contributed by atoms with E-state index in [4.69, 9.17) is 0 Å². The predicted molar refractivity (Wildman–Crippen MR) is 40.5 cm³/mol. The van der Waals surface area contributed by atoms with Crippen LogP contribution in [0, 0.1) is 0 Å². The summed E-state index contributed by atoms with van der Waals surface area (Å²) in [7, 11) is 0. The fourth-order valence-electron chi connectivity index (χ4n) is 0.428. The summed E-state index contributed by atoms with van der Waals surface area (Å²) < 4.78 is 1.26. The average molecular weight is 194 g/mol. The molecule has 0 aliphatic heterocycles. The van der Waals surface area contributed by atoms with Crippen LogP contribution in [0.25, 0.3) is 0 Å². The molecule has 0 amide bonds. The van der Waals surface area contributed by atoms with Crippen LogP contribution in [-0.2, 0) is 0 Å². The van der Waals surface area contributed by atoms with Gasteiger partial charge in [-0.3, -0.25) is 0 Å². The molecule has 0 nitrogen and oxygen atoms in total. The van der Waals surface area contributed by atoms with Gasteiger partial charge in [-0.2, -0.15) is 0 Å². The topological polar surface area (TPSA) is 0 Å². The fourth-order valence-corrected chi connectivity index (χ4v) is 0.789. The first kappa shape index (κ1) is 8.03. The van der Waals surface area contributed by atoms with Crippen LogP contribution in [0.5, 0.6) is 0 Å². The van der Waals surface area contributed by atoms with Crippen LogP contribution in [0.1, 0.15) is 0 Å². The van der Waals surface area contributed by atoms with Gasteiger partial charge in [-0.1, -0.05) is 0 Å². The third kappa shape index (κ3) is 2.37. The van der Waals surface area contributed by atoms with Crippen molar-refractivity contribution in [3.8, 4) is 0 Å². The standard InChI is InChI=1S/C6H6Se.ClH/c7-6-4-2-1-3-5-6;/h1-5,7H;1H. The Bertz CT molecular complexity index is 138. The molecule has 0 bridgehead atoms. The number of benzene rings is 1. The monoisotopic (exact) mass is 194 g/mol. The van der Waals surface area contributed by atoms with Crippen LogP contribution in [0.2, 0.25) is 0 Å². The van der Waals surface area contributed by atoms with Crippen molar-refractivity contribution in [1.82, 2.24) is 0 Å². The molecule has 0 aliphatic carbocycles. The van der Waals surface area contributed by atoms with Gasteiger partial charge in [0.1, 0.15) is 0 Å². The quantitative estimate of drug-likeness (QED) is 0.531. The van der Waals surface area contributed by atoms with Crippen LogP contribution in [0.4, 0.5) is 0 Å². The molecule has 0 spiro atoms. The summed E-state index contributed by atoms with van der Waals surface area (Å²) in [5.41, 5.74) is 0. The summed E-state index contributed by atoms with van der Waals surface area (Å²) in [5, 5.41) is 0. The molecule has 0 N–H and O–H groups in total. The molecule has 8 heavy (non-hydrogen) atoms. The van der Waals surface area contributed by atoms with E-state index in [9.17, 15) is 0 Å². The van der Waals surface area contributed by atoms with E-state index >= 15 is 0 Å². The molecule has 2 heteroatoms. The van der Waals surface area contributed by atoms with Crippen molar-refractivity contribution in [3.63, 3.8) is 0 Å². The maximum atomic E-state index is 2.49. The first-order valence-electron chi connectivity index (χ1n) is 2.13. The Hall–Kier alpha value is 0.0295. The van der Waals surface area contributed by atoms with Crippen LogP contribution in [0.15, 0.2) is 30.3 Å². The Morgan fingerprint density at radius 3 is 1.75 bits per heavy atom. The van der Waals surface area contributed by atoms with E-state index in [1.807, 2.05) is 18.2 Å². The molecule has 0 saturated heterocycles. The molecular weight excluding hydrogens is 186 g/mol. The van der Waals surface area contributed by atoms with Crippen molar-refractivity contribution < 1.29 is 0 Å². The number of halogens is 1. The molecule has 0 atom stereocenters. The van der Waals surface area contributed by atoms with Crippen LogP contribution in [0.3, 0.4) is 0 Å². The normalized spacial score (nSPS) is 7.62. The van der Waals surface area contributed by atoms with E-state index in [-0.39, 0.29) is 12.4 Å². The molecule has 1 aromatic carbocycles.